The molecule has 138 valence electrons. The van der Waals surface area contributed by atoms with Gasteiger partial charge in [0.15, 0.2) is 0 Å². The van der Waals surface area contributed by atoms with Gasteiger partial charge in [0, 0.05) is 17.7 Å². The summed E-state index contributed by atoms with van der Waals surface area (Å²) in [5.74, 6) is -2.62. The number of hydrogen-bond donors (Lipinski definition) is 3. The Hall–Kier alpha value is -2.58. The van der Waals surface area contributed by atoms with Crippen LogP contribution < -0.4 is 10.6 Å². The van der Waals surface area contributed by atoms with E-state index in [1.54, 1.807) is 0 Å². The maximum Gasteiger partial charge on any atom is 0.394 e. The zero-order valence-corrected chi connectivity index (χ0v) is 13.9. The number of carboxylic acids is 1. The topological polar surface area (TPSA) is 95.5 Å². The lowest BCUT2D eigenvalue weighted by atomic mass is 9.88. The Bertz CT molecular complexity index is 654. The van der Waals surface area contributed by atoms with Crippen LogP contribution >= 0.6 is 0 Å². The quantitative estimate of drug-likeness (QED) is 0.727. The summed E-state index contributed by atoms with van der Waals surface area (Å²) >= 11 is 0. The maximum atomic E-state index is 12.8. The first kappa shape index (κ1) is 20.5. The summed E-state index contributed by atoms with van der Waals surface area (Å²) in [7, 11) is 0. The second-order valence-corrected chi connectivity index (χ2v) is 6.22. The van der Waals surface area contributed by atoms with Crippen molar-refractivity contribution in [2.75, 3.05) is 5.32 Å². The van der Waals surface area contributed by atoms with E-state index < -0.39 is 41.8 Å². The molecule has 3 N–H and O–H groups in total. The number of rotatable bonds is 6. The standard InChI is InChI=1S/C16H19F3N2O4/c1-9(14(24)25)20-13(23)10-4-6-11(7-5-10)21-12(22)8-15(2,3)16(17,18)19/h4-7,9H,8H2,1-3H3,(H,20,23)(H,21,22)(H,24,25). The Kier molecular flexibility index (Phi) is 6.17. The van der Waals surface area contributed by atoms with E-state index in [1.165, 1.54) is 31.2 Å². The van der Waals surface area contributed by atoms with Crippen LogP contribution in [0.2, 0.25) is 0 Å². The van der Waals surface area contributed by atoms with Crippen LogP contribution in [0, 0.1) is 5.41 Å². The fourth-order valence-corrected chi connectivity index (χ4v) is 1.75. The van der Waals surface area contributed by atoms with Crippen molar-refractivity contribution < 1.29 is 32.7 Å². The molecule has 0 aliphatic rings. The molecule has 2 amide bonds. The van der Waals surface area contributed by atoms with Crippen molar-refractivity contribution in [3.8, 4) is 0 Å². The summed E-state index contributed by atoms with van der Waals surface area (Å²) in [5, 5.41) is 13.3. The molecule has 1 aromatic rings. The minimum Gasteiger partial charge on any atom is -0.480 e. The molecule has 0 saturated heterocycles. The van der Waals surface area contributed by atoms with E-state index in [1.807, 2.05) is 0 Å². The molecule has 1 aromatic carbocycles. The van der Waals surface area contributed by atoms with Gasteiger partial charge in [-0.3, -0.25) is 14.4 Å². The lowest BCUT2D eigenvalue weighted by Gasteiger charge is -2.26. The van der Waals surface area contributed by atoms with Crippen LogP contribution in [0.3, 0.4) is 0 Å². The third kappa shape index (κ3) is 5.77. The fourth-order valence-electron chi connectivity index (χ4n) is 1.75. The molecule has 0 fully saturated rings. The van der Waals surface area contributed by atoms with E-state index in [2.05, 4.69) is 10.6 Å². The minimum absolute atomic E-state index is 0.154. The van der Waals surface area contributed by atoms with Crippen LogP contribution in [0.1, 0.15) is 37.6 Å². The number of carboxylic acid groups (broad SMARTS) is 1. The van der Waals surface area contributed by atoms with Gasteiger partial charge in [-0.15, -0.1) is 0 Å². The van der Waals surface area contributed by atoms with Crippen LogP contribution in [-0.4, -0.2) is 35.1 Å². The number of carbonyl (C=O) groups excluding carboxylic acids is 2. The van der Waals surface area contributed by atoms with Crippen molar-refractivity contribution in [2.45, 2.75) is 39.4 Å². The van der Waals surface area contributed by atoms with Crippen LogP contribution in [0.4, 0.5) is 18.9 Å². The van der Waals surface area contributed by atoms with Crippen molar-refractivity contribution in [3.63, 3.8) is 0 Å². The second kappa shape index (κ2) is 7.54. The molecule has 1 rings (SSSR count). The highest BCUT2D eigenvalue weighted by molar-refractivity contribution is 5.97. The molecule has 0 aliphatic carbocycles. The molecule has 0 bridgehead atoms. The monoisotopic (exact) mass is 360 g/mol. The molecule has 25 heavy (non-hydrogen) atoms. The summed E-state index contributed by atoms with van der Waals surface area (Å²) < 4.78 is 38.3. The van der Waals surface area contributed by atoms with Gasteiger partial charge < -0.3 is 15.7 Å². The third-order valence-corrected chi connectivity index (χ3v) is 3.52. The Balaban J connectivity index is 2.70. The lowest BCUT2D eigenvalue weighted by Crippen LogP contribution is -2.38. The van der Waals surface area contributed by atoms with Gasteiger partial charge in [0.2, 0.25) is 5.91 Å². The van der Waals surface area contributed by atoms with Gasteiger partial charge >= 0.3 is 12.1 Å². The van der Waals surface area contributed by atoms with Gasteiger partial charge in [0.25, 0.3) is 5.91 Å². The summed E-state index contributed by atoms with van der Waals surface area (Å²) in [4.78, 5) is 34.2. The summed E-state index contributed by atoms with van der Waals surface area (Å²) in [5.41, 5.74) is -1.78. The molecule has 0 radical (unpaired) electrons. The molecule has 6 nitrogen and oxygen atoms in total. The lowest BCUT2D eigenvalue weighted by molar-refractivity contribution is -0.213. The summed E-state index contributed by atoms with van der Waals surface area (Å²) in [6, 6.07) is 4.28. The molecule has 0 aliphatic heterocycles. The zero-order valence-electron chi connectivity index (χ0n) is 13.9. The van der Waals surface area contributed by atoms with Crippen LogP contribution in [0.25, 0.3) is 0 Å². The van der Waals surface area contributed by atoms with Crippen LogP contribution in [0.15, 0.2) is 24.3 Å². The molecule has 0 heterocycles. The Morgan fingerprint density at radius 1 is 1.12 bits per heavy atom. The first-order chi connectivity index (χ1) is 11.3. The number of anilines is 1. The summed E-state index contributed by atoms with van der Waals surface area (Å²) in [6.45, 7) is 3.17. The van der Waals surface area contributed by atoms with E-state index in [-0.39, 0.29) is 11.3 Å². The van der Waals surface area contributed by atoms with Crippen LogP contribution in [-0.2, 0) is 9.59 Å². The number of carbonyl (C=O) groups is 3. The van der Waals surface area contributed by atoms with Crippen molar-refractivity contribution in [1.82, 2.24) is 5.32 Å². The average Bonchev–Trinajstić information content (AvgIpc) is 2.45. The molecular formula is C16H19F3N2O4. The highest BCUT2D eigenvalue weighted by atomic mass is 19.4. The van der Waals surface area contributed by atoms with Gasteiger partial charge in [-0.05, 0) is 31.2 Å². The number of benzene rings is 1. The van der Waals surface area contributed by atoms with Crippen LogP contribution in [0.5, 0.6) is 0 Å². The molecule has 0 saturated carbocycles. The number of nitrogens with one attached hydrogen (secondary N) is 2. The highest BCUT2D eigenvalue weighted by Crippen LogP contribution is 2.40. The van der Waals surface area contributed by atoms with Crippen molar-refractivity contribution in [1.29, 1.82) is 0 Å². The third-order valence-electron chi connectivity index (χ3n) is 3.52. The van der Waals surface area contributed by atoms with E-state index in [4.69, 9.17) is 5.11 Å². The predicted molar refractivity (Wildman–Crippen MR) is 84.1 cm³/mol. The van der Waals surface area contributed by atoms with Gasteiger partial charge in [0.1, 0.15) is 6.04 Å². The normalized spacial score (nSPS) is 13.0. The van der Waals surface area contributed by atoms with E-state index >= 15 is 0 Å². The number of halogens is 3. The van der Waals surface area contributed by atoms with Crippen molar-refractivity contribution >= 4 is 23.5 Å². The largest absolute Gasteiger partial charge is 0.480 e. The minimum atomic E-state index is -4.51. The van der Waals surface area contributed by atoms with Crippen molar-refractivity contribution in [3.05, 3.63) is 29.8 Å². The van der Waals surface area contributed by atoms with Gasteiger partial charge in [-0.25, -0.2) is 0 Å². The second-order valence-electron chi connectivity index (χ2n) is 6.22. The van der Waals surface area contributed by atoms with E-state index in [0.717, 1.165) is 13.8 Å². The molecule has 1 atom stereocenters. The highest BCUT2D eigenvalue weighted by Gasteiger charge is 2.48. The first-order valence-corrected chi connectivity index (χ1v) is 7.34. The molecule has 1 unspecified atom stereocenters. The Morgan fingerprint density at radius 2 is 1.64 bits per heavy atom. The molecule has 0 spiro atoms. The number of aliphatic carboxylic acids is 1. The Labute approximate surface area is 142 Å². The fraction of sp³-hybridized carbons (Fsp3) is 0.438. The van der Waals surface area contributed by atoms with Crippen molar-refractivity contribution in [2.24, 2.45) is 5.41 Å². The average molecular weight is 360 g/mol. The SMILES string of the molecule is CC(NC(=O)c1ccc(NC(=O)CC(C)(C)C(F)(F)F)cc1)C(=O)O. The van der Waals surface area contributed by atoms with E-state index in [0.29, 0.717) is 0 Å². The molecular weight excluding hydrogens is 341 g/mol. The maximum absolute atomic E-state index is 12.8. The smallest absolute Gasteiger partial charge is 0.394 e. The summed E-state index contributed by atoms with van der Waals surface area (Å²) in [6.07, 6.45) is -5.25. The Morgan fingerprint density at radius 3 is 2.08 bits per heavy atom. The van der Waals surface area contributed by atoms with Gasteiger partial charge in [0.05, 0.1) is 5.41 Å². The van der Waals surface area contributed by atoms with Gasteiger partial charge in [-0.2, -0.15) is 13.2 Å². The molecule has 0 aromatic heterocycles. The van der Waals surface area contributed by atoms with E-state index in [9.17, 15) is 27.6 Å². The number of amides is 2. The van der Waals surface area contributed by atoms with Gasteiger partial charge in [-0.1, -0.05) is 13.8 Å². The number of hydrogen-bond acceptors (Lipinski definition) is 3. The molecule has 9 heteroatoms. The predicted octanol–water partition coefficient (Wildman–Crippen LogP) is 2.81. The zero-order chi connectivity index (χ0) is 19.4. The first-order valence-electron chi connectivity index (χ1n) is 7.34. The number of alkyl halides is 3.